The van der Waals surface area contributed by atoms with Crippen molar-refractivity contribution < 1.29 is 9.47 Å². The molecule has 0 fully saturated rings. The molecule has 4 aromatic carbocycles. The van der Waals surface area contributed by atoms with Gasteiger partial charge in [0.25, 0.3) is 0 Å². The van der Waals surface area contributed by atoms with Gasteiger partial charge in [-0.1, -0.05) is 152 Å². The predicted molar refractivity (Wildman–Crippen MR) is 252 cm³/mol. The smallest absolute Gasteiger partial charge is 0.127 e. The SMILES string of the molecule is c1ccc(-c2ccccc2OCCCCCCCCn2cc(-c3cccnc3)nn2)cc1.c1ccc(-c2ccccc2OCCCCCCCn2cc(-c3cccnc3)nn2)cc1. The molecule has 63 heavy (non-hydrogen) atoms. The number of benzene rings is 4. The largest absolute Gasteiger partial charge is 0.493 e. The van der Waals surface area contributed by atoms with Crippen LogP contribution in [0.15, 0.2) is 171 Å². The first kappa shape index (κ1) is 44.1. The summed E-state index contributed by atoms with van der Waals surface area (Å²) in [6, 6.07) is 45.2. The Balaban J connectivity index is 0.000000189. The van der Waals surface area contributed by atoms with Gasteiger partial charge in [-0.25, -0.2) is 0 Å². The second-order valence-corrected chi connectivity index (χ2v) is 15.5. The van der Waals surface area contributed by atoms with Gasteiger partial charge in [0.05, 0.1) is 25.6 Å². The average Bonchev–Trinajstić information content (AvgIpc) is 4.04. The maximum absolute atomic E-state index is 6.09. The highest BCUT2D eigenvalue weighted by Gasteiger charge is 2.08. The lowest BCUT2D eigenvalue weighted by Gasteiger charge is -2.11. The molecule has 10 heteroatoms. The van der Waals surface area contributed by atoms with E-state index in [0.29, 0.717) is 0 Å². The van der Waals surface area contributed by atoms with Crippen LogP contribution in [0.3, 0.4) is 0 Å². The molecule has 0 aliphatic carbocycles. The predicted octanol–water partition coefficient (Wildman–Crippen LogP) is 12.5. The van der Waals surface area contributed by atoms with Crippen molar-refractivity contribution in [3.8, 4) is 56.3 Å². The van der Waals surface area contributed by atoms with E-state index in [9.17, 15) is 0 Å². The Morgan fingerprint density at radius 1 is 0.365 bits per heavy atom. The lowest BCUT2D eigenvalue weighted by Crippen LogP contribution is -2.00. The van der Waals surface area contributed by atoms with Gasteiger partial charge in [0, 0.05) is 60.1 Å². The number of aryl methyl sites for hydroxylation is 2. The highest BCUT2D eigenvalue weighted by molar-refractivity contribution is 5.71. The summed E-state index contributed by atoms with van der Waals surface area (Å²) in [7, 11) is 0. The first-order valence-electron chi connectivity index (χ1n) is 22.5. The highest BCUT2D eigenvalue weighted by Crippen LogP contribution is 2.31. The standard InChI is InChI=1S/C27H30N4O.C26H28N4O/c1(3-10-19-31-22-26(29-30-31)24-15-12-18-28-21-24)2-4-11-20-32-27-17-9-8-16-25(27)23-13-6-5-7-14-23;1(2-9-18-30-21-25(28-29-30)23-14-11-17-27-20-23)3-10-19-31-26-16-8-7-15-24(26)22-12-5-4-6-13-22/h5-9,12-18,21-22H,1-4,10-11,19-20H2;4-8,11-17,20-21H,1-3,9-10,18-19H2. The van der Waals surface area contributed by atoms with Gasteiger partial charge in [-0.2, -0.15) is 0 Å². The first-order valence-corrected chi connectivity index (χ1v) is 22.5. The molecule has 0 saturated heterocycles. The van der Waals surface area contributed by atoms with E-state index in [1.165, 1.54) is 56.1 Å². The van der Waals surface area contributed by atoms with E-state index in [2.05, 4.69) is 116 Å². The summed E-state index contributed by atoms with van der Waals surface area (Å²) in [6.07, 6.45) is 24.0. The zero-order chi connectivity index (χ0) is 43.0. The molecule has 0 amide bonds. The summed E-state index contributed by atoms with van der Waals surface area (Å²) in [5.41, 5.74) is 8.47. The lowest BCUT2D eigenvalue weighted by atomic mass is 10.0. The van der Waals surface area contributed by atoms with Crippen molar-refractivity contribution in [1.82, 2.24) is 40.0 Å². The fourth-order valence-electron chi connectivity index (χ4n) is 7.36. The van der Waals surface area contributed by atoms with Gasteiger partial charge >= 0.3 is 0 Å². The maximum atomic E-state index is 6.09. The fourth-order valence-corrected chi connectivity index (χ4v) is 7.36. The maximum Gasteiger partial charge on any atom is 0.127 e. The molecule has 4 heterocycles. The van der Waals surface area contributed by atoms with E-state index in [0.717, 1.165) is 97.1 Å². The van der Waals surface area contributed by atoms with Crippen LogP contribution in [0.5, 0.6) is 11.5 Å². The van der Waals surface area contributed by atoms with Crippen LogP contribution >= 0.6 is 0 Å². The molecular formula is C53H58N8O2. The van der Waals surface area contributed by atoms with Crippen LogP contribution in [0.25, 0.3) is 44.8 Å². The van der Waals surface area contributed by atoms with Gasteiger partial charge in [-0.3, -0.25) is 19.3 Å². The van der Waals surface area contributed by atoms with E-state index in [1.807, 2.05) is 82.7 Å². The number of para-hydroxylation sites is 2. The van der Waals surface area contributed by atoms with E-state index in [1.54, 1.807) is 12.4 Å². The van der Waals surface area contributed by atoms with E-state index in [4.69, 9.17) is 9.47 Å². The van der Waals surface area contributed by atoms with Crippen LogP contribution < -0.4 is 9.47 Å². The number of pyridine rings is 2. The van der Waals surface area contributed by atoms with Gasteiger partial charge in [0.15, 0.2) is 0 Å². The molecule has 0 aliphatic heterocycles. The molecule has 0 radical (unpaired) electrons. The highest BCUT2D eigenvalue weighted by atomic mass is 16.5. The Bertz CT molecular complexity index is 2460. The summed E-state index contributed by atoms with van der Waals surface area (Å²) in [5, 5.41) is 16.9. The van der Waals surface area contributed by atoms with Crippen LogP contribution in [-0.2, 0) is 13.1 Å². The van der Waals surface area contributed by atoms with Crippen LogP contribution in [0.4, 0.5) is 0 Å². The summed E-state index contributed by atoms with van der Waals surface area (Å²) in [4.78, 5) is 8.27. The monoisotopic (exact) mass is 838 g/mol. The third-order valence-corrected chi connectivity index (χ3v) is 10.8. The third kappa shape index (κ3) is 14.3. The Hall–Kier alpha value is -6.94. The molecular weight excluding hydrogens is 781 g/mol. The number of rotatable bonds is 23. The molecule has 0 spiro atoms. The van der Waals surface area contributed by atoms with Gasteiger partial charge in [-0.15, -0.1) is 10.2 Å². The van der Waals surface area contributed by atoms with Gasteiger partial charge in [0.2, 0.25) is 0 Å². The Labute approximate surface area is 372 Å². The van der Waals surface area contributed by atoms with E-state index >= 15 is 0 Å². The Morgan fingerprint density at radius 3 is 1.17 bits per heavy atom. The summed E-state index contributed by atoms with van der Waals surface area (Å²) in [6.45, 7) is 3.32. The minimum atomic E-state index is 0.751. The third-order valence-electron chi connectivity index (χ3n) is 10.8. The topological polar surface area (TPSA) is 106 Å². The minimum Gasteiger partial charge on any atom is -0.493 e. The molecule has 8 rings (SSSR count). The molecule has 0 unspecified atom stereocenters. The van der Waals surface area contributed by atoms with Crippen molar-refractivity contribution in [3.05, 3.63) is 171 Å². The normalized spacial score (nSPS) is 10.9. The molecule has 4 aromatic heterocycles. The number of aromatic nitrogens is 8. The van der Waals surface area contributed by atoms with Gasteiger partial charge in [-0.05, 0) is 73.2 Å². The molecule has 8 aromatic rings. The van der Waals surface area contributed by atoms with Crippen molar-refractivity contribution in [2.45, 2.75) is 83.7 Å². The van der Waals surface area contributed by atoms with Crippen LogP contribution in [0.2, 0.25) is 0 Å². The van der Waals surface area contributed by atoms with E-state index < -0.39 is 0 Å². The van der Waals surface area contributed by atoms with Crippen molar-refractivity contribution in [1.29, 1.82) is 0 Å². The number of hydrogen-bond acceptors (Lipinski definition) is 8. The van der Waals surface area contributed by atoms with Gasteiger partial charge in [0.1, 0.15) is 22.9 Å². The molecule has 0 saturated carbocycles. The summed E-state index contributed by atoms with van der Waals surface area (Å²) < 4.78 is 16.0. The first-order chi connectivity index (χ1) is 31.3. The molecule has 322 valence electrons. The average molecular weight is 839 g/mol. The molecule has 0 N–H and O–H groups in total. The van der Waals surface area contributed by atoms with Gasteiger partial charge < -0.3 is 9.47 Å². The summed E-state index contributed by atoms with van der Waals surface area (Å²) >= 11 is 0. The zero-order valence-electron chi connectivity index (χ0n) is 36.2. The molecule has 10 nitrogen and oxygen atoms in total. The summed E-state index contributed by atoms with van der Waals surface area (Å²) in [5.74, 6) is 1.93. The second kappa shape index (κ2) is 25.1. The Morgan fingerprint density at radius 2 is 0.746 bits per heavy atom. The second-order valence-electron chi connectivity index (χ2n) is 15.5. The zero-order valence-corrected chi connectivity index (χ0v) is 36.2. The van der Waals surface area contributed by atoms with Crippen LogP contribution in [-0.4, -0.2) is 53.2 Å². The van der Waals surface area contributed by atoms with Crippen LogP contribution in [0.1, 0.15) is 70.6 Å². The fraction of sp³-hybridized carbons (Fsp3) is 0.283. The van der Waals surface area contributed by atoms with Crippen LogP contribution in [0, 0.1) is 0 Å². The number of hydrogen-bond donors (Lipinski definition) is 0. The van der Waals surface area contributed by atoms with E-state index in [-0.39, 0.29) is 0 Å². The number of nitrogens with zero attached hydrogens (tertiary/aromatic N) is 8. The lowest BCUT2D eigenvalue weighted by molar-refractivity contribution is 0.305. The number of unbranched alkanes of at least 4 members (excludes halogenated alkanes) is 9. The van der Waals surface area contributed by atoms with Crippen molar-refractivity contribution >= 4 is 0 Å². The molecule has 0 bridgehead atoms. The van der Waals surface area contributed by atoms with Crippen molar-refractivity contribution in [2.75, 3.05) is 13.2 Å². The number of ether oxygens (including phenoxy) is 2. The van der Waals surface area contributed by atoms with Crippen molar-refractivity contribution in [2.24, 2.45) is 0 Å². The van der Waals surface area contributed by atoms with Crippen molar-refractivity contribution in [3.63, 3.8) is 0 Å². The minimum absolute atomic E-state index is 0.751. The molecule has 0 aliphatic rings. The molecule has 0 atom stereocenters. The quantitative estimate of drug-likeness (QED) is 0.0586. The Kier molecular flexibility index (Phi) is 17.6.